The molecule has 0 aliphatic carbocycles. The van der Waals surface area contributed by atoms with Crippen molar-refractivity contribution in [2.45, 2.75) is 25.4 Å². The molecule has 0 aromatic heterocycles. The van der Waals surface area contributed by atoms with E-state index in [2.05, 4.69) is 29.2 Å². The van der Waals surface area contributed by atoms with Gasteiger partial charge in [-0.05, 0) is 29.7 Å². The van der Waals surface area contributed by atoms with Crippen LogP contribution < -0.4 is 5.73 Å². The zero-order chi connectivity index (χ0) is 14.8. The van der Waals surface area contributed by atoms with Gasteiger partial charge >= 0.3 is 0 Å². The number of nitrogens with zero attached hydrogens (tertiary/aromatic N) is 1. The highest BCUT2D eigenvalue weighted by Crippen LogP contribution is 2.27. The fraction of sp³-hybridized carbons (Fsp3) is 0.333. The van der Waals surface area contributed by atoms with Crippen LogP contribution in [0.15, 0.2) is 48.5 Å². The molecule has 2 nitrogen and oxygen atoms in total. The quantitative estimate of drug-likeness (QED) is 0.938. The summed E-state index contributed by atoms with van der Waals surface area (Å²) in [4.78, 5) is 2.36. The summed E-state index contributed by atoms with van der Waals surface area (Å²) in [5.41, 5.74) is 9.47. The Morgan fingerprint density at radius 3 is 2.62 bits per heavy atom. The predicted octanol–water partition coefficient (Wildman–Crippen LogP) is 3.06. The maximum absolute atomic E-state index is 13.3. The molecule has 2 aromatic rings. The minimum absolute atomic E-state index is 0.140. The van der Waals surface area contributed by atoms with Crippen molar-refractivity contribution in [3.05, 3.63) is 71.0 Å². The molecule has 1 saturated heterocycles. The van der Waals surface area contributed by atoms with Crippen molar-refractivity contribution in [3.63, 3.8) is 0 Å². The lowest BCUT2D eigenvalue weighted by molar-refractivity contribution is 0.323. The third-order valence-corrected chi connectivity index (χ3v) is 4.30. The Morgan fingerprint density at radius 1 is 1.14 bits per heavy atom. The first-order valence-electron chi connectivity index (χ1n) is 7.41. The molecule has 21 heavy (non-hydrogen) atoms. The lowest BCUT2D eigenvalue weighted by Crippen LogP contribution is -2.28. The monoisotopic (exact) mass is 284 g/mol. The van der Waals surface area contributed by atoms with E-state index in [1.54, 1.807) is 13.0 Å². The van der Waals surface area contributed by atoms with Crippen LogP contribution in [0.1, 0.15) is 22.6 Å². The van der Waals surface area contributed by atoms with Crippen LogP contribution in [0, 0.1) is 12.7 Å². The molecule has 3 rings (SSSR count). The summed E-state index contributed by atoms with van der Waals surface area (Å²) >= 11 is 0. The van der Waals surface area contributed by atoms with E-state index in [4.69, 9.17) is 5.73 Å². The smallest absolute Gasteiger partial charge is 0.126 e. The van der Waals surface area contributed by atoms with Gasteiger partial charge < -0.3 is 5.73 Å². The molecule has 2 aromatic carbocycles. The van der Waals surface area contributed by atoms with Crippen LogP contribution >= 0.6 is 0 Å². The number of aryl methyl sites for hydroxylation is 1. The van der Waals surface area contributed by atoms with Crippen LogP contribution in [-0.2, 0) is 6.54 Å². The van der Waals surface area contributed by atoms with Crippen LogP contribution in [-0.4, -0.2) is 24.0 Å². The van der Waals surface area contributed by atoms with Crippen LogP contribution in [0.25, 0.3) is 0 Å². The number of hydrogen-bond donors (Lipinski definition) is 1. The Kier molecular flexibility index (Phi) is 4.04. The molecule has 0 bridgehead atoms. The minimum Gasteiger partial charge on any atom is -0.326 e. The van der Waals surface area contributed by atoms with Crippen LogP contribution in [0.4, 0.5) is 4.39 Å². The normalized spacial score (nSPS) is 22.6. The van der Waals surface area contributed by atoms with E-state index in [1.165, 1.54) is 5.56 Å². The van der Waals surface area contributed by atoms with Crippen molar-refractivity contribution in [3.8, 4) is 0 Å². The van der Waals surface area contributed by atoms with Gasteiger partial charge in [0.25, 0.3) is 0 Å². The topological polar surface area (TPSA) is 29.3 Å². The second-order valence-corrected chi connectivity index (χ2v) is 5.96. The molecule has 1 aliphatic heterocycles. The largest absolute Gasteiger partial charge is 0.326 e. The van der Waals surface area contributed by atoms with Crippen LogP contribution in [0.2, 0.25) is 0 Å². The summed E-state index contributed by atoms with van der Waals surface area (Å²) < 4.78 is 13.3. The van der Waals surface area contributed by atoms with Crippen molar-refractivity contribution in [1.29, 1.82) is 0 Å². The SMILES string of the molecule is Cc1cc(CN2C[C@@H](N)[C@H](c3ccccc3)C2)ccc1F. The van der Waals surface area contributed by atoms with E-state index in [0.717, 1.165) is 25.2 Å². The van der Waals surface area contributed by atoms with E-state index in [-0.39, 0.29) is 11.9 Å². The summed E-state index contributed by atoms with van der Waals surface area (Å²) in [5, 5.41) is 0. The maximum atomic E-state index is 13.3. The Bertz CT molecular complexity index is 612. The number of likely N-dealkylation sites (tertiary alicyclic amines) is 1. The predicted molar refractivity (Wildman–Crippen MR) is 83.6 cm³/mol. The second kappa shape index (κ2) is 5.96. The zero-order valence-electron chi connectivity index (χ0n) is 12.3. The fourth-order valence-electron chi connectivity index (χ4n) is 3.16. The molecular formula is C18H21FN2. The molecule has 2 N–H and O–H groups in total. The maximum Gasteiger partial charge on any atom is 0.126 e. The van der Waals surface area contributed by atoms with Crippen LogP contribution in [0.5, 0.6) is 0 Å². The highest BCUT2D eigenvalue weighted by Gasteiger charge is 2.30. The molecule has 1 fully saturated rings. The molecule has 0 unspecified atom stereocenters. The lowest BCUT2D eigenvalue weighted by Gasteiger charge is -2.16. The third kappa shape index (κ3) is 3.14. The summed E-state index contributed by atoms with van der Waals surface area (Å²) in [6.07, 6.45) is 0. The Balaban J connectivity index is 1.70. The van der Waals surface area contributed by atoms with E-state index in [0.29, 0.717) is 11.5 Å². The fourth-order valence-corrected chi connectivity index (χ4v) is 3.16. The standard InChI is InChI=1S/C18H21FN2/c1-13-9-14(7-8-17(13)19)10-21-11-16(18(20)12-21)15-5-3-2-4-6-15/h2-9,16,18H,10-12,20H2,1H3/t16-,18+/m0/s1. The average molecular weight is 284 g/mol. The molecule has 0 amide bonds. The Morgan fingerprint density at radius 2 is 1.90 bits per heavy atom. The van der Waals surface area contributed by atoms with Gasteiger partial charge in [0.2, 0.25) is 0 Å². The van der Waals surface area contributed by atoms with E-state index < -0.39 is 0 Å². The second-order valence-electron chi connectivity index (χ2n) is 5.96. The van der Waals surface area contributed by atoms with E-state index >= 15 is 0 Å². The molecule has 0 radical (unpaired) electrons. The molecule has 1 heterocycles. The van der Waals surface area contributed by atoms with Gasteiger partial charge in [0.1, 0.15) is 5.82 Å². The van der Waals surface area contributed by atoms with Gasteiger partial charge in [-0.1, -0.05) is 42.5 Å². The summed E-state index contributed by atoms with van der Waals surface area (Å²) in [6, 6.07) is 16.0. The molecular weight excluding hydrogens is 263 g/mol. The van der Waals surface area contributed by atoms with Gasteiger partial charge in [0, 0.05) is 31.6 Å². The molecule has 110 valence electrons. The van der Waals surface area contributed by atoms with Crippen LogP contribution in [0.3, 0.4) is 0 Å². The van der Waals surface area contributed by atoms with Crippen molar-refractivity contribution < 1.29 is 4.39 Å². The van der Waals surface area contributed by atoms with Crippen molar-refractivity contribution >= 4 is 0 Å². The number of halogens is 1. The number of nitrogens with two attached hydrogens (primary N) is 1. The zero-order valence-corrected chi connectivity index (χ0v) is 12.3. The Labute approximate surface area is 125 Å². The summed E-state index contributed by atoms with van der Waals surface area (Å²) in [7, 11) is 0. The number of benzene rings is 2. The first-order valence-corrected chi connectivity index (χ1v) is 7.41. The molecule has 1 aliphatic rings. The summed E-state index contributed by atoms with van der Waals surface area (Å²) in [6.45, 7) is 4.48. The van der Waals surface area contributed by atoms with E-state index in [1.807, 2.05) is 18.2 Å². The summed E-state index contributed by atoms with van der Waals surface area (Å²) in [5.74, 6) is 0.242. The van der Waals surface area contributed by atoms with Gasteiger partial charge in [-0.15, -0.1) is 0 Å². The van der Waals surface area contributed by atoms with Gasteiger partial charge in [-0.3, -0.25) is 4.90 Å². The first-order chi connectivity index (χ1) is 10.1. The van der Waals surface area contributed by atoms with Crippen molar-refractivity contribution in [2.24, 2.45) is 5.73 Å². The highest BCUT2D eigenvalue weighted by atomic mass is 19.1. The van der Waals surface area contributed by atoms with Gasteiger partial charge in [0.15, 0.2) is 0 Å². The van der Waals surface area contributed by atoms with Crippen molar-refractivity contribution in [1.82, 2.24) is 4.90 Å². The highest BCUT2D eigenvalue weighted by molar-refractivity contribution is 5.26. The molecule has 0 spiro atoms. The van der Waals surface area contributed by atoms with E-state index in [9.17, 15) is 4.39 Å². The van der Waals surface area contributed by atoms with Crippen molar-refractivity contribution in [2.75, 3.05) is 13.1 Å². The number of rotatable bonds is 3. The Hall–Kier alpha value is -1.71. The molecule has 0 saturated carbocycles. The number of hydrogen-bond acceptors (Lipinski definition) is 2. The molecule has 3 heteroatoms. The van der Waals surface area contributed by atoms with Gasteiger partial charge in [-0.2, -0.15) is 0 Å². The first kappa shape index (κ1) is 14.2. The van der Waals surface area contributed by atoms with Gasteiger partial charge in [0.05, 0.1) is 0 Å². The molecule has 2 atom stereocenters. The minimum atomic E-state index is -0.140. The average Bonchev–Trinajstić information content (AvgIpc) is 2.84. The third-order valence-electron chi connectivity index (χ3n) is 4.30. The van der Waals surface area contributed by atoms with Gasteiger partial charge in [-0.25, -0.2) is 4.39 Å². The lowest BCUT2D eigenvalue weighted by atomic mass is 9.95.